The van der Waals surface area contributed by atoms with Gasteiger partial charge in [0.25, 0.3) is 5.91 Å². The Morgan fingerprint density at radius 1 is 1.33 bits per heavy atom. The van der Waals surface area contributed by atoms with Gasteiger partial charge in [-0.05, 0) is 30.5 Å². The van der Waals surface area contributed by atoms with Gasteiger partial charge in [0, 0.05) is 11.6 Å². The third kappa shape index (κ3) is 1.67. The number of hydrogen-bond acceptors (Lipinski definition) is 5. The van der Waals surface area contributed by atoms with Crippen LogP contribution in [0.2, 0.25) is 5.28 Å². The van der Waals surface area contributed by atoms with Gasteiger partial charge in [-0.2, -0.15) is 4.98 Å². The summed E-state index contributed by atoms with van der Waals surface area (Å²) in [6.45, 7) is 0. The Labute approximate surface area is 125 Å². The molecule has 2 aliphatic rings. The summed E-state index contributed by atoms with van der Waals surface area (Å²) in [5, 5.41) is 11.6. The van der Waals surface area contributed by atoms with E-state index in [1.54, 1.807) is 12.3 Å². The first-order chi connectivity index (χ1) is 10.1. The zero-order valence-corrected chi connectivity index (χ0v) is 12.0. The Hall–Kier alpha value is -1.86. The molecule has 1 amide bonds. The molecule has 0 unspecified atom stereocenters. The molecule has 1 saturated carbocycles. The van der Waals surface area contributed by atoms with Crippen molar-refractivity contribution in [2.45, 2.75) is 37.6 Å². The summed E-state index contributed by atoms with van der Waals surface area (Å²) in [7, 11) is 0. The summed E-state index contributed by atoms with van der Waals surface area (Å²) >= 11 is 5.91. The van der Waals surface area contributed by atoms with Gasteiger partial charge >= 0.3 is 0 Å². The molecular weight excluding hydrogens is 294 g/mol. The van der Waals surface area contributed by atoms with Crippen LogP contribution in [0.5, 0.6) is 0 Å². The lowest BCUT2D eigenvalue weighted by atomic mass is 9.80. The lowest BCUT2D eigenvalue weighted by Gasteiger charge is -2.43. The summed E-state index contributed by atoms with van der Waals surface area (Å²) in [5.74, 6) is 0.285. The Bertz CT molecular complexity index is 737. The molecular formula is C13H14ClN5O2. The van der Waals surface area contributed by atoms with E-state index in [9.17, 15) is 10.0 Å². The molecule has 7 nitrogen and oxygen atoms in total. The number of nitrogens with one attached hydrogen (secondary N) is 1. The van der Waals surface area contributed by atoms with Crippen molar-refractivity contribution in [1.29, 1.82) is 0 Å². The highest BCUT2D eigenvalue weighted by Crippen LogP contribution is 2.43. The van der Waals surface area contributed by atoms with E-state index in [1.165, 1.54) is 0 Å². The second-order valence-corrected chi connectivity index (χ2v) is 5.94. The van der Waals surface area contributed by atoms with Crippen LogP contribution in [-0.2, 0) is 10.3 Å². The van der Waals surface area contributed by atoms with Crippen molar-refractivity contribution < 1.29 is 10.0 Å². The van der Waals surface area contributed by atoms with Crippen LogP contribution in [0.15, 0.2) is 12.3 Å². The summed E-state index contributed by atoms with van der Waals surface area (Å²) in [4.78, 5) is 20.8. The van der Waals surface area contributed by atoms with Gasteiger partial charge in [-0.25, -0.2) is 10.4 Å². The fourth-order valence-corrected chi connectivity index (χ4v) is 3.61. The number of hydrogen-bond donors (Lipinski definition) is 2. The van der Waals surface area contributed by atoms with Crippen molar-refractivity contribution in [3.05, 3.63) is 17.5 Å². The van der Waals surface area contributed by atoms with E-state index in [0.29, 0.717) is 11.5 Å². The third-order valence-corrected chi connectivity index (χ3v) is 4.63. The number of anilines is 1. The van der Waals surface area contributed by atoms with Crippen molar-refractivity contribution in [3.8, 4) is 0 Å². The average molecular weight is 308 g/mol. The van der Waals surface area contributed by atoms with Crippen molar-refractivity contribution in [2.24, 2.45) is 0 Å². The molecule has 2 aromatic heterocycles. The summed E-state index contributed by atoms with van der Waals surface area (Å²) in [6, 6.07) is 1.75. The predicted octanol–water partition coefficient (Wildman–Crippen LogP) is 1.98. The van der Waals surface area contributed by atoms with Crippen LogP contribution < -0.4 is 10.6 Å². The minimum absolute atomic E-state index is 0.129. The second kappa shape index (κ2) is 4.32. The molecule has 1 aliphatic carbocycles. The molecule has 2 N–H and O–H groups in total. The van der Waals surface area contributed by atoms with Gasteiger partial charge in [-0.3, -0.25) is 14.6 Å². The van der Waals surface area contributed by atoms with Crippen LogP contribution in [0.4, 0.5) is 5.82 Å². The standard InChI is InChI=1S/C13H14ClN5O2/c14-12-15-7-8-6-9-18(10(8)16-12)13(4-2-1-3-5-13)11(20)17-19(9)21/h6-7,21H,1-5H2,(H,17,20). The number of rotatable bonds is 0. The Morgan fingerprint density at radius 3 is 2.86 bits per heavy atom. The molecule has 3 heterocycles. The van der Waals surface area contributed by atoms with E-state index in [0.717, 1.165) is 42.7 Å². The number of halogens is 1. The molecule has 0 aromatic carbocycles. The molecule has 4 rings (SSSR count). The topological polar surface area (TPSA) is 83.3 Å². The minimum atomic E-state index is -0.702. The molecule has 1 fully saturated rings. The molecule has 1 aliphatic heterocycles. The van der Waals surface area contributed by atoms with Gasteiger partial charge in [0.2, 0.25) is 5.28 Å². The number of nitrogens with zero attached hydrogens (tertiary/aromatic N) is 4. The van der Waals surface area contributed by atoms with Crippen LogP contribution >= 0.6 is 11.6 Å². The van der Waals surface area contributed by atoms with Crippen molar-refractivity contribution in [3.63, 3.8) is 0 Å². The number of amides is 1. The second-order valence-electron chi connectivity index (χ2n) is 5.60. The normalized spacial score (nSPS) is 20.7. The number of fused-ring (bicyclic) bond motifs is 4. The van der Waals surface area contributed by atoms with E-state index < -0.39 is 5.54 Å². The summed E-state index contributed by atoms with van der Waals surface area (Å²) < 4.78 is 1.81. The van der Waals surface area contributed by atoms with E-state index in [4.69, 9.17) is 11.6 Å². The predicted molar refractivity (Wildman–Crippen MR) is 76.0 cm³/mol. The van der Waals surface area contributed by atoms with Gasteiger partial charge < -0.3 is 0 Å². The van der Waals surface area contributed by atoms with Crippen molar-refractivity contribution in [1.82, 2.24) is 20.0 Å². The monoisotopic (exact) mass is 307 g/mol. The van der Waals surface area contributed by atoms with Crippen molar-refractivity contribution in [2.75, 3.05) is 5.17 Å². The average Bonchev–Trinajstić information content (AvgIpc) is 2.86. The van der Waals surface area contributed by atoms with Crippen LogP contribution in [0.1, 0.15) is 32.1 Å². The lowest BCUT2D eigenvalue weighted by Crippen LogP contribution is -2.59. The van der Waals surface area contributed by atoms with Gasteiger partial charge in [0.1, 0.15) is 11.2 Å². The third-order valence-electron chi connectivity index (χ3n) is 4.45. The first kappa shape index (κ1) is 12.8. The zero-order valence-electron chi connectivity index (χ0n) is 11.2. The van der Waals surface area contributed by atoms with Gasteiger partial charge in [-0.1, -0.05) is 19.3 Å². The highest BCUT2D eigenvalue weighted by Gasteiger charge is 2.48. The molecule has 0 saturated heterocycles. The molecule has 1 spiro atoms. The first-order valence-corrected chi connectivity index (χ1v) is 7.34. The molecule has 8 heteroatoms. The maximum atomic E-state index is 12.6. The number of hydrazine groups is 1. The Morgan fingerprint density at radius 2 is 2.10 bits per heavy atom. The molecule has 0 bridgehead atoms. The van der Waals surface area contributed by atoms with Crippen LogP contribution in [-0.4, -0.2) is 25.6 Å². The highest BCUT2D eigenvalue weighted by molar-refractivity contribution is 6.28. The highest BCUT2D eigenvalue weighted by atomic mass is 35.5. The Kier molecular flexibility index (Phi) is 2.64. The molecule has 110 valence electrons. The lowest BCUT2D eigenvalue weighted by molar-refractivity contribution is -0.135. The number of aromatic nitrogens is 3. The maximum Gasteiger partial charge on any atom is 0.266 e. The van der Waals surface area contributed by atoms with Gasteiger partial charge in [0.05, 0.1) is 0 Å². The minimum Gasteiger partial charge on any atom is -0.293 e. The summed E-state index contributed by atoms with van der Waals surface area (Å²) in [5.41, 5.74) is 2.40. The van der Waals surface area contributed by atoms with E-state index in [2.05, 4.69) is 15.4 Å². The SMILES string of the molecule is O=C1NN(O)c2cc3cnc(Cl)nc3n2C12CCCCC2. The van der Waals surface area contributed by atoms with Crippen LogP contribution in [0.25, 0.3) is 11.0 Å². The molecule has 21 heavy (non-hydrogen) atoms. The van der Waals surface area contributed by atoms with E-state index in [1.807, 2.05) is 4.57 Å². The van der Waals surface area contributed by atoms with E-state index >= 15 is 0 Å². The first-order valence-electron chi connectivity index (χ1n) is 6.96. The van der Waals surface area contributed by atoms with Crippen LogP contribution in [0.3, 0.4) is 0 Å². The van der Waals surface area contributed by atoms with Crippen molar-refractivity contribution >= 4 is 34.4 Å². The zero-order chi connectivity index (χ0) is 14.6. The number of carbonyl (C=O) groups is 1. The van der Waals surface area contributed by atoms with Gasteiger partial charge in [-0.15, -0.1) is 5.17 Å². The molecule has 2 aromatic rings. The smallest absolute Gasteiger partial charge is 0.266 e. The quantitative estimate of drug-likeness (QED) is 0.727. The largest absolute Gasteiger partial charge is 0.293 e. The Balaban J connectivity index is 2.04. The van der Waals surface area contributed by atoms with Crippen LogP contribution in [0, 0.1) is 0 Å². The summed E-state index contributed by atoms with van der Waals surface area (Å²) in [6.07, 6.45) is 6.11. The van der Waals surface area contributed by atoms with Gasteiger partial charge in [0.15, 0.2) is 5.82 Å². The maximum absolute atomic E-state index is 12.6. The van der Waals surface area contributed by atoms with E-state index in [-0.39, 0.29) is 11.2 Å². The molecule has 0 radical (unpaired) electrons. The fraction of sp³-hybridized carbons (Fsp3) is 0.462. The number of carbonyl (C=O) groups excluding carboxylic acids is 1. The fourth-order valence-electron chi connectivity index (χ4n) is 3.48. The molecule has 0 atom stereocenters.